The van der Waals surface area contributed by atoms with Gasteiger partial charge in [0.05, 0.1) is 0 Å². The molecule has 1 atom stereocenters. The molecule has 5 nitrogen and oxygen atoms in total. The van der Waals surface area contributed by atoms with E-state index in [9.17, 15) is 0 Å². The number of nitrogens with one attached hydrogen (secondary N) is 2. The van der Waals surface area contributed by atoms with Crippen LogP contribution < -0.4 is 20.4 Å². The summed E-state index contributed by atoms with van der Waals surface area (Å²) in [5, 5.41) is 7.04. The van der Waals surface area contributed by atoms with Crippen molar-refractivity contribution in [1.82, 2.24) is 10.6 Å². The van der Waals surface area contributed by atoms with Gasteiger partial charge in [0.2, 0.25) is 0 Å². The van der Waals surface area contributed by atoms with E-state index in [0.29, 0.717) is 6.04 Å². The lowest BCUT2D eigenvalue weighted by molar-refractivity contribution is 0.648. The van der Waals surface area contributed by atoms with Gasteiger partial charge in [0.1, 0.15) is 0 Å². The molecule has 0 spiro atoms. The molecule has 0 aromatic heterocycles. The van der Waals surface area contributed by atoms with Gasteiger partial charge in [-0.2, -0.15) is 0 Å². The van der Waals surface area contributed by atoms with Gasteiger partial charge in [-0.15, -0.1) is 24.0 Å². The zero-order chi connectivity index (χ0) is 19.2. The number of hydrogen-bond acceptors (Lipinski definition) is 3. The second-order valence-electron chi connectivity index (χ2n) is 7.34. The van der Waals surface area contributed by atoms with E-state index >= 15 is 0 Å². The molecule has 6 heteroatoms. The van der Waals surface area contributed by atoms with Gasteiger partial charge in [-0.05, 0) is 48.7 Å². The minimum Gasteiger partial charge on any atom is -0.378 e. The van der Waals surface area contributed by atoms with Gasteiger partial charge in [-0.1, -0.05) is 24.3 Å². The first-order valence-corrected chi connectivity index (χ1v) is 9.61. The molecule has 152 valence electrons. The van der Waals surface area contributed by atoms with Crippen LogP contribution in [-0.4, -0.2) is 46.2 Å². The van der Waals surface area contributed by atoms with E-state index in [2.05, 4.69) is 95.0 Å². The van der Waals surface area contributed by atoms with Gasteiger partial charge in [0.15, 0.2) is 5.96 Å². The lowest BCUT2D eigenvalue weighted by Gasteiger charge is -2.21. The summed E-state index contributed by atoms with van der Waals surface area (Å²) in [6.07, 6.45) is 1.12. The maximum atomic E-state index is 4.41. The van der Waals surface area contributed by atoms with E-state index in [1.807, 2.05) is 7.05 Å². The molecule has 1 unspecified atom stereocenters. The van der Waals surface area contributed by atoms with E-state index in [1.165, 1.54) is 22.5 Å². The van der Waals surface area contributed by atoms with Crippen molar-refractivity contribution in [1.29, 1.82) is 0 Å². The highest BCUT2D eigenvalue weighted by atomic mass is 127. The quantitative estimate of drug-likeness (QED) is 0.380. The molecule has 0 aliphatic carbocycles. The van der Waals surface area contributed by atoms with E-state index in [1.54, 1.807) is 0 Å². The molecule has 0 saturated carbocycles. The molecule has 3 rings (SSSR count). The Labute approximate surface area is 186 Å². The number of rotatable bonds is 5. The minimum absolute atomic E-state index is 0. The van der Waals surface area contributed by atoms with Crippen LogP contribution in [0.5, 0.6) is 0 Å². The van der Waals surface area contributed by atoms with Gasteiger partial charge in [0, 0.05) is 58.2 Å². The normalized spacial score (nSPS) is 16.5. The Morgan fingerprint density at radius 3 is 2.57 bits per heavy atom. The molecule has 1 saturated heterocycles. The van der Waals surface area contributed by atoms with Gasteiger partial charge in [-0.3, -0.25) is 4.99 Å². The number of anilines is 2. The number of halogens is 1. The number of hydrogen-bond donors (Lipinski definition) is 2. The van der Waals surface area contributed by atoms with Crippen molar-refractivity contribution in [3.8, 4) is 0 Å². The predicted octanol–water partition coefficient (Wildman–Crippen LogP) is 3.62. The maximum Gasteiger partial charge on any atom is 0.191 e. The Kier molecular flexibility index (Phi) is 8.41. The highest BCUT2D eigenvalue weighted by Gasteiger charge is 2.23. The smallest absolute Gasteiger partial charge is 0.191 e. The number of nitrogens with zero attached hydrogens (tertiary/aromatic N) is 3. The van der Waals surface area contributed by atoms with Crippen molar-refractivity contribution in [2.24, 2.45) is 4.99 Å². The largest absolute Gasteiger partial charge is 0.378 e. The summed E-state index contributed by atoms with van der Waals surface area (Å²) >= 11 is 0. The highest BCUT2D eigenvalue weighted by molar-refractivity contribution is 14.0. The van der Waals surface area contributed by atoms with Gasteiger partial charge in [-0.25, -0.2) is 0 Å². The van der Waals surface area contributed by atoms with Crippen LogP contribution in [0.1, 0.15) is 17.5 Å². The van der Waals surface area contributed by atoms with Crippen molar-refractivity contribution in [3.05, 3.63) is 59.7 Å². The van der Waals surface area contributed by atoms with Crippen LogP contribution in [0.25, 0.3) is 0 Å². The fourth-order valence-corrected chi connectivity index (χ4v) is 3.47. The molecule has 0 bridgehead atoms. The lowest BCUT2D eigenvalue weighted by atomic mass is 10.1. The third-order valence-corrected chi connectivity index (χ3v) is 5.16. The third-order valence-electron chi connectivity index (χ3n) is 5.16. The third kappa shape index (κ3) is 5.77. The molecule has 2 N–H and O–H groups in total. The fourth-order valence-electron chi connectivity index (χ4n) is 3.47. The van der Waals surface area contributed by atoms with Gasteiger partial charge >= 0.3 is 0 Å². The summed E-state index contributed by atoms with van der Waals surface area (Å²) in [7, 11) is 5.97. The van der Waals surface area contributed by atoms with Crippen molar-refractivity contribution in [3.63, 3.8) is 0 Å². The second-order valence-corrected chi connectivity index (χ2v) is 7.34. The Morgan fingerprint density at radius 2 is 1.93 bits per heavy atom. The van der Waals surface area contributed by atoms with Crippen molar-refractivity contribution in [2.45, 2.75) is 25.9 Å². The number of aryl methyl sites for hydroxylation is 1. The monoisotopic (exact) mass is 493 g/mol. The minimum atomic E-state index is 0. The van der Waals surface area contributed by atoms with Crippen LogP contribution in [0.3, 0.4) is 0 Å². The molecule has 1 aliphatic rings. The molecule has 2 aromatic rings. The Morgan fingerprint density at radius 1 is 1.18 bits per heavy atom. The first kappa shape index (κ1) is 22.3. The Hall–Kier alpha value is -1.96. The van der Waals surface area contributed by atoms with E-state index in [-0.39, 0.29) is 24.0 Å². The van der Waals surface area contributed by atoms with E-state index in [0.717, 1.165) is 32.0 Å². The van der Waals surface area contributed by atoms with Gasteiger partial charge < -0.3 is 20.4 Å². The summed E-state index contributed by atoms with van der Waals surface area (Å²) < 4.78 is 0. The average molecular weight is 493 g/mol. The first-order chi connectivity index (χ1) is 13.1. The van der Waals surface area contributed by atoms with Crippen molar-refractivity contribution < 1.29 is 0 Å². The first-order valence-electron chi connectivity index (χ1n) is 9.61. The summed E-state index contributed by atoms with van der Waals surface area (Å²) in [4.78, 5) is 8.96. The van der Waals surface area contributed by atoms with Gasteiger partial charge in [0.25, 0.3) is 0 Å². The number of benzene rings is 2. The van der Waals surface area contributed by atoms with Crippen LogP contribution in [0.15, 0.2) is 53.5 Å². The van der Waals surface area contributed by atoms with Crippen LogP contribution in [0.4, 0.5) is 11.4 Å². The van der Waals surface area contributed by atoms with Crippen LogP contribution in [0.2, 0.25) is 0 Å². The summed E-state index contributed by atoms with van der Waals surface area (Å²) in [6, 6.07) is 17.6. The number of guanidine groups is 1. The number of aliphatic imine (C=N–C) groups is 1. The van der Waals surface area contributed by atoms with Crippen LogP contribution >= 0.6 is 24.0 Å². The molecule has 28 heavy (non-hydrogen) atoms. The number of para-hydroxylation sites is 1. The van der Waals surface area contributed by atoms with E-state index in [4.69, 9.17) is 0 Å². The highest BCUT2D eigenvalue weighted by Crippen LogP contribution is 2.20. The predicted molar refractivity (Wildman–Crippen MR) is 131 cm³/mol. The van der Waals surface area contributed by atoms with Crippen LogP contribution in [-0.2, 0) is 6.54 Å². The maximum absolute atomic E-state index is 4.41. The SMILES string of the molecule is CN=C(NCc1ccc(N(C)C)cc1C)NC1CCN(c2ccccc2)C1.I. The second kappa shape index (κ2) is 10.5. The fraction of sp³-hybridized carbons (Fsp3) is 0.409. The summed E-state index contributed by atoms with van der Waals surface area (Å²) in [5.74, 6) is 0.867. The molecule has 1 fully saturated rings. The van der Waals surface area contributed by atoms with Crippen LogP contribution in [0, 0.1) is 6.92 Å². The molecule has 0 amide bonds. The summed E-state index contributed by atoms with van der Waals surface area (Å²) in [5.41, 5.74) is 5.10. The molecular weight excluding hydrogens is 461 g/mol. The van der Waals surface area contributed by atoms with E-state index < -0.39 is 0 Å². The molecular formula is C22H32IN5. The molecule has 1 heterocycles. The Balaban J connectivity index is 0.00000280. The molecule has 1 aliphatic heterocycles. The topological polar surface area (TPSA) is 42.9 Å². The molecule has 0 radical (unpaired) electrons. The summed E-state index contributed by atoms with van der Waals surface area (Å²) in [6.45, 7) is 5.01. The zero-order valence-electron chi connectivity index (χ0n) is 17.3. The zero-order valence-corrected chi connectivity index (χ0v) is 19.6. The Bertz CT molecular complexity index is 776. The average Bonchev–Trinajstić information content (AvgIpc) is 3.15. The lowest BCUT2D eigenvalue weighted by Crippen LogP contribution is -2.44. The standard InChI is InChI=1S/C22H31N5.HI/c1-17-14-21(26(3)4)11-10-18(17)15-24-22(23-2)25-19-12-13-27(16-19)20-8-6-5-7-9-20;/h5-11,14,19H,12-13,15-16H2,1-4H3,(H2,23,24,25);1H. The molecule has 2 aromatic carbocycles. The van der Waals surface area contributed by atoms with Crippen molar-refractivity contribution >= 4 is 41.3 Å². The van der Waals surface area contributed by atoms with Crippen molar-refractivity contribution in [2.75, 3.05) is 44.0 Å².